The fourth-order valence-electron chi connectivity index (χ4n) is 1.49. The van der Waals surface area contributed by atoms with E-state index in [1.165, 1.54) is 18.6 Å². The molecule has 0 aliphatic carbocycles. The lowest BCUT2D eigenvalue weighted by Gasteiger charge is -2.29. The van der Waals surface area contributed by atoms with Crippen LogP contribution in [0.25, 0.3) is 0 Å². The number of carbonyl (C=O) groups excluding carboxylic acids is 1. The fraction of sp³-hybridized carbons (Fsp3) is 0.923. The van der Waals surface area contributed by atoms with Crippen molar-refractivity contribution in [2.45, 2.75) is 40.0 Å². The second-order valence-electron chi connectivity index (χ2n) is 5.33. The van der Waals surface area contributed by atoms with Gasteiger partial charge in [-0.3, -0.25) is 4.79 Å². The number of hydrogen-bond acceptors (Lipinski definition) is 3. The molecular weight excluding hydrogens is 268 g/mol. The molecule has 0 rings (SSSR count). The molecule has 0 aromatic heterocycles. The van der Waals surface area contributed by atoms with Crippen molar-refractivity contribution in [3.05, 3.63) is 0 Å². The lowest BCUT2D eigenvalue weighted by molar-refractivity contribution is -0.130. The van der Waals surface area contributed by atoms with E-state index in [0.29, 0.717) is 13.0 Å². The normalized spacial score (nSPS) is 10.9. The number of thioether (sulfide) groups is 1. The molecule has 0 aliphatic rings. The first-order chi connectivity index (χ1) is 7.93. The minimum Gasteiger partial charge on any atom is -0.345 e. The molecule has 0 unspecified atom stereocenters. The first kappa shape index (κ1) is 20.4. The topological polar surface area (TPSA) is 46.3 Å². The van der Waals surface area contributed by atoms with Crippen LogP contribution >= 0.6 is 24.2 Å². The van der Waals surface area contributed by atoms with Crippen molar-refractivity contribution in [3.8, 4) is 0 Å². The van der Waals surface area contributed by atoms with E-state index in [9.17, 15) is 4.79 Å². The Balaban J connectivity index is 0. The molecule has 0 bridgehead atoms. The van der Waals surface area contributed by atoms with Crippen molar-refractivity contribution in [2.24, 2.45) is 11.1 Å². The summed E-state index contributed by atoms with van der Waals surface area (Å²) in [5.74, 6) is 2.34. The number of carbonyl (C=O) groups is 1. The fourth-order valence-corrected chi connectivity index (χ4v) is 2.51. The van der Waals surface area contributed by atoms with E-state index < -0.39 is 0 Å². The molecule has 0 saturated carbocycles. The minimum atomic E-state index is 0. The Hall–Kier alpha value is 0.0700. The number of unbranched alkanes of at least 4 members (excludes halogenated alkanes) is 1. The molecule has 0 aliphatic heterocycles. The number of nitrogens with zero attached hydrogens (tertiary/aromatic N) is 1. The average molecular weight is 297 g/mol. The molecule has 2 N–H and O–H groups in total. The Labute approximate surface area is 123 Å². The zero-order chi connectivity index (χ0) is 13.3. The van der Waals surface area contributed by atoms with Crippen LogP contribution in [0.5, 0.6) is 0 Å². The summed E-state index contributed by atoms with van der Waals surface area (Å²) in [4.78, 5) is 13.7. The standard InChI is InChI=1S/C13H28N2OS.ClH/c1-5-6-8-17-9-7-12(16)15(4)11-13(2,3)10-14;/h5-11,14H2,1-4H3;1H. The third-order valence-corrected chi connectivity index (χ3v) is 3.82. The predicted molar refractivity (Wildman–Crippen MR) is 84.6 cm³/mol. The number of rotatable bonds is 9. The molecule has 110 valence electrons. The molecule has 0 saturated heterocycles. The van der Waals surface area contributed by atoms with Crippen LogP contribution in [0.15, 0.2) is 0 Å². The highest BCUT2D eigenvalue weighted by Crippen LogP contribution is 2.15. The van der Waals surface area contributed by atoms with Gasteiger partial charge in [-0.25, -0.2) is 0 Å². The highest BCUT2D eigenvalue weighted by Gasteiger charge is 2.20. The van der Waals surface area contributed by atoms with E-state index in [1.54, 1.807) is 0 Å². The van der Waals surface area contributed by atoms with E-state index in [2.05, 4.69) is 20.8 Å². The second-order valence-corrected chi connectivity index (χ2v) is 6.56. The lowest BCUT2D eigenvalue weighted by atomic mass is 9.93. The van der Waals surface area contributed by atoms with Crippen molar-refractivity contribution in [3.63, 3.8) is 0 Å². The van der Waals surface area contributed by atoms with Gasteiger partial charge < -0.3 is 10.6 Å². The van der Waals surface area contributed by atoms with Crippen LogP contribution in [0, 0.1) is 5.41 Å². The van der Waals surface area contributed by atoms with Crippen LogP contribution in [0.3, 0.4) is 0 Å². The van der Waals surface area contributed by atoms with Crippen LogP contribution in [0.2, 0.25) is 0 Å². The molecule has 5 heteroatoms. The first-order valence-corrected chi connectivity index (χ1v) is 7.60. The van der Waals surface area contributed by atoms with Gasteiger partial charge in [-0.15, -0.1) is 12.4 Å². The third kappa shape index (κ3) is 10.0. The molecular formula is C13H29ClN2OS. The minimum absolute atomic E-state index is 0. The largest absolute Gasteiger partial charge is 0.345 e. The summed E-state index contributed by atoms with van der Waals surface area (Å²) in [7, 11) is 1.87. The van der Waals surface area contributed by atoms with E-state index in [1.807, 2.05) is 23.7 Å². The predicted octanol–water partition coefficient (Wildman–Crippen LogP) is 2.77. The van der Waals surface area contributed by atoms with Crippen molar-refractivity contribution < 1.29 is 4.79 Å². The Morgan fingerprint density at radius 1 is 1.33 bits per heavy atom. The maximum Gasteiger partial charge on any atom is 0.223 e. The van der Waals surface area contributed by atoms with Crippen LogP contribution in [-0.4, -0.2) is 42.4 Å². The summed E-state index contributed by atoms with van der Waals surface area (Å²) in [6.07, 6.45) is 3.12. The zero-order valence-corrected chi connectivity index (χ0v) is 13.8. The highest BCUT2D eigenvalue weighted by molar-refractivity contribution is 7.99. The van der Waals surface area contributed by atoms with Gasteiger partial charge in [0.1, 0.15) is 0 Å². The Kier molecular flexibility index (Phi) is 12.4. The Morgan fingerprint density at radius 2 is 1.94 bits per heavy atom. The molecule has 0 radical (unpaired) electrons. The molecule has 0 aromatic rings. The summed E-state index contributed by atoms with van der Waals surface area (Å²) in [5.41, 5.74) is 5.68. The number of hydrogen-bond donors (Lipinski definition) is 1. The summed E-state index contributed by atoms with van der Waals surface area (Å²) in [6.45, 7) is 7.71. The van der Waals surface area contributed by atoms with Crippen molar-refractivity contribution in [2.75, 3.05) is 31.6 Å². The van der Waals surface area contributed by atoms with E-state index in [4.69, 9.17) is 5.73 Å². The quantitative estimate of drug-likeness (QED) is 0.666. The number of halogens is 1. The van der Waals surface area contributed by atoms with Gasteiger partial charge in [-0.1, -0.05) is 27.2 Å². The van der Waals surface area contributed by atoms with Gasteiger partial charge in [0, 0.05) is 25.8 Å². The maximum atomic E-state index is 11.8. The van der Waals surface area contributed by atoms with Gasteiger partial charge in [-0.05, 0) is 24.1 Å². The zero-order valence-electron chi connectivity index (χ0n) is 12.2. The molecule has 0 aromatic carbocycles. The van der Waals surface area contributed by atoms with E-state index in [0.717, 1.165) is 12.3 Å². The number of amides is 1. The molecule has 0 fully saturated rings. The molecule has 0 atom stereocenters. The molecule has 1 amide bonds. The van der Waals surface area contributed by atoms with Crippen molar-refractivity contribution >= 4 is 30.1 Å². The third-order valence-electron chi connectivity index (χ3n) is 2.75. The van der Waals surface area contributed by atoms with E-state index in [-0.39, 0.29) is 23.7 Å². The molecule has 0 spiro atoms. The van der Waals surface area contributed by atoms with E-state index >= 15 is 0 Å². The van der Waals surface area contributed by atoms with Crippen LogP contribution in [0.1, 0.15) is 40.0 Å². The lowest BCUT2D eigenvalue weighted by Crippen LogP contribution is -2.39. The van der Waals surface area contributed by atoms with Gasteiger partial charge >= 0.3 is 0 Å². The van der Waals surface area contributed by atoms with Gasteiger partial charge in [0.15, 0.2) is 0 Å². The summed E-state index contributed by atoms with van der Waals surface area (Å²) in [5, 5.41) is 0. The smallest absolute Gasteiger partial charge is 0.223 e. The van der Waals surface area contributed by atoms with Crippen LogP contribution < -0.4 is 5.73 Å². The SMILES string of the molecule is CCCCSCCC(=O)N(C)CC(C)(C)CN.Cl. The second kappa shape index (κ2) is 10.9. The van der Waals surface area contributed by atoms with Crippen molar-refractivity contribution in [1.82, 2.24) is 4.90 Å². The van der Waals surface area contributed by atoms with Crippen LogP contribution in [0.4, 0.5) is 0 Å². The Bertz CT molecular complexity index is 225. The average Bonchev–Trinajstić information content (AvgIpc) is 2.28. The highest BCUT2D eigenvalue weighted by atomic mass is 35.5. The number of nitrogens with two attached hydrogens (primary N) is 1. The van der Waals surface area contributed by atoms with Crippen molar-refractivity contribution in [1.29, 1.82) is 0 Å². The van der Waals surface area contributed by atoms with Crippen LogP contribution in [-0.2, 0) is 4.79 Å². The molecule has 0 heterocycles. The summed E-state index contributed by atoms with van der Waals surface area (Å²) >= 11 is 1.88. The van der Waals surface area contributed by atoms with Gasteiger partial charge in [0.2, 0.25) is 5.91 Å². The maximum absolute atomic E-state index is 11.8. The molecule has 18 heavy (non-hydrogen) atoms. The summed E-state index contributed by atoms with van der Waals surface area (Å²) < 4.78 is 0. The monoisotopic (exact) mass is 296 g/mol. The summed E-state index contributed by atoms with van der Waals surface area (Å²) in [6, 6.07) is 0. The molecule has 3 nitrogen and oxygen atoms in total. The Morgan fingerprint density at radius 3 is 2.44 bits per heavy atom. The first-order valence-electron chi connectivity index (χ1n) is 6.44. The van der Waals surface area contributed by atoms with Gasteiger partial charge in [0.05, 0.1) is 0 Å². The van der Waals surface area contributed by atoms with Gasteiger partial charge in [-0.2, -0.15) is 11.8 Å². The van der Waals surface area contributed by atoms with Gasteiger partial charge in [0.25, 0.3) is 0 Å².